The number of pyridine rings is 2. The number of esters is 1. The lowest BCUT2D eigenvalue weighted by Crippen LogP contribution is -2.22. The lowest BCUT2D eigenvalue weighted by atomic mass is 10.1. The summed E-state index contributed by atoms with van der Waals surface area (Å²) in [5.41, 5.74) is 6.25. The van der Waals surface area contributed by atoms with E-state index < -0.39 is 8.07 Å². The molecule has 1 fully saturated rings. The van der Waals surface area contributed by atoms with Crippen molar-refractivity contribution in [1.82, 2.24) is 23.7 Å². The van der Waals surface area contributed by atoms with E-state index in [2.05, 4.69) is 79.2 Å². The summed E-state index contributed by atoms with van der Waals surface area (Å²) in [6.45, 7) is 20.7. The van der Waals surface area contributed by atoms with E-state index in [1.54, 1.807) is 11.9 Å². The van der Waals surface area contributed by atoms with Crippen molar-refractivity contribution >= 4 is 42.7 Å². The third kappa shape index (κ3) is 7.71. The van der Waals surface area contributed by atoms with Gasteiger partial charge in [0.05, 0.1) is 34.8 Å². The Kier molecular flexibility index (Phi) is 9.14. The summed E-state index contributed by atoms with van der Waals surface area (Å²) >= 11 is 1.72. The van der Waals surface area contributed by atoms with Crippen LogP contribution in [0.1, 0.15) is 88.1 Å². The monoisotopic (exact) mass is 621 g/mol. The smallest absolute Gasteiger partial charge is 0.338 e. The minimum Gasteiger partial charge on any atom is -0.459 e. The Morgan fingerprint density at radius 3 is 2.51 bits per heavy atom. The maximum atomic E-state index is 12.7. The Morgan fingerprint density at radius 2 is 1.86 bits per heavy atom. The first-order valence-corrected chi connectivity index (χ1v) is 20.0. The summed E-state index contributed by atoms with van der Waals surface area (Å²) in [5, 5.41) is 1.06. The number of carbonyl (C=O) groups is 1. The van der Waals surface area contributed by atoms with Crippen molar-refractivity contribution in [2.75, 3.05) is 6.61 Å². The number of hydrogen-bond acceptors (Lipinski definition) is 7. The van der Waals surface area contributed by atoms with Crippen molar-refractivity contribution in [3.63, 3.8) is 0 Å². The predicted octanol–water partition coefficient (Wildman–Crippen LogP) is 8.20. The van der Waals surface area contributed by atoms with Crippen molar-refractivity contribution in [2.24, 2.45) is 0 Å². The minimum absolute atomic E-state index is 0.0782. The Bertz CT molecular complexity index is 1610. The SMILES string of the molecule is CC(C)OC(=O)c1ccn2c(C3CC3)c(-c3cc4ccc([C@@H](C)NSC(C)(C)C)nc4n3COCC[Si](C)(C)C)nc2c1. The van der Waals surface area contributed by atoms with Gasteiger partial charge in [-0.2, -0.15) is 0 Å². The van der Waals surface area contributed by atoms with E-state index in [0.29, 0.717) is 18.2 Å². The van der Waals surface area contributed by atoms with Gasteiger partial charge in [-0.3, -0.25) is 9.29 Å². The summed E-state index contributed by atoms with van der Waals surface area (Å²) in [5.74, 6) is 0.101. The van der Waals surface area contributed by atoms with Crippen LogP contribution in [0, 0.1) is 0 Å². The predicted molar refractivity (Wildman–Crippen MR) is 179 cm³/mol. The molecule has 0 amide bonds. The molecule has 0 unspecified atom stereocenters. The summed E-state index contributed by atoms with van der Waals surface area (Å²) in [4.78, 5) is 23.0. The highest BCUT2D eigenvalue weighted by molar-refractivity contribution is 7.98. The van der Waals surface area contributed by atoms with Crippen LogP contribution >= 0.6 is 11.9 Å². The third-order valence-electron chi connectivity index (χ3n) is 7.42. The molecule has 0 aliphatic heterocycles. The van der Waals surface area contributed by atoms with E-state index in [9.17, 15) is 4.79 Å². The van der Waals surface area contributed by atoms with Gasteiger partial charge in [0, 0.05) is 36.9 Å². The Morgan fingerprint density at radius 1 is 1.12 bits per heavy atom. The van der Waals surface area contributed by atoms with Gasteiger partial charge in [-0.15, -0.1) is 0 Å². The second-order valence-electron chi connectivity index (χ2n) is 14.2. The van der Waals surface area contributed by atoms with Gasteiger partial charge in [0.2, 0.25) is 0 Å². The molecule has 1 aliphatic rings. The van der Waals surface area contributed by atoms with Gasteiger partial charge >= 0.3 is 5.97 Å². The summed E-state index contributed by atoms with van der Waals surface area (Å²) in [7, 11) is -1.24. The van der Waals surface area contributed by atoms with E-state index in [0.717, 1.165) is 59.3 Å². The molecule has 43 heavy (non-hydrogen) atoms. The van der Waals surface area contributed by atoms with Crippen LogP contribution in [0.2, 0.25) is 25.7 Å². The lowest BCUT2D eigenvalue weighted by molar-refractivity contribution is 0.0378. The standard InChI is InChI=1S/C33H47N5O3SSi/c1-21(2)41-32(39)25-14-15-37-28(19-25)35-29(30(37)23-10-11-23)27-18-24-12-13-26(22(3)36-42-33(4,5)6)34-31(24)38(27)20-40-16-17-43(7,8)9/h12-15,18-19,21-23,36H,10-11,16-17,20H2,1-9H3/t22-/m1/s1. The molecule has 0 radical (unpaired) electrons. The van der Waals surface area contributed by atoms with Crippen LogP contribution in [0.25, 0.3) is 28.1 Å². The fraction of sp³-hybridized carbons (Fsp3) is 0.545. The summed E-state index contributed by atoms with van der Waals surface area (Å²) in [6.07, 6.45) is 4.04. The number of hydrogen-bond donors (Lipinski definition) is 1. The van der Waals surface area contributed by atoms with Crippen LogP contribution in [0.5, 0.6) is 0 Å². The average molecular weight is 622 g/mol. The molecule has 5 rings (SSSR count). The van der Waals surface area contributed by atoms with Crippen molar-refractivity contribution in [3.8, 4) is 11.4 Å². The molecule has 1 atom stereocenters. The number of nitrogens with one attached hydrogen (secondary N) is 1. The van der Waals surface area contributed by atoms with Gasteiger partial charge in [-0.25, -0.2) is 14.8 Å². The van der Waals surface area contributed by atoms with Gasteiger partial charge in [0.1, 0.15) is 23.7 Å². The summed E-state index contributed by atoms with van der Waals surface area (Å²) < 4.78 is 19.8. The lowest BCUT2D eigenvalue weighted by Gasteiger charge is -2.21. The number of fused-ring (bicyclic) bond motifs is 2. The van der Waals surface area contributed by atoms with E-state index in [-0.39, 0.29) is 22.9 Å². The van der Waals surface area contributed by atoms with Crippen LogP contribution in [-0.2, 0) is 16.2 Å². The number of imidazole rings is 1. The Balaban J connectivity index is 1.58. The fourth-order valence-corrected chi connectivity index (χ4v) is 6.39. The molecule has 10 heteroatoms. The number of ether oxygens (including phenoxy) is 2. The van der Waals surface area contributed by atoms with Crippen molar-refractivity contribution in [3.05, 3.63) is 53.5 Å². The molecular weight excluding hydrogens is 575 g/mol. The first-order chi connectivity index (χ1) is 20.2. The number of nitrogens with zero attached hydrogens (tertiary/aromatic N) is 4. The molecule has 4 heterocycles. The van der Waals surface area contributed by atoms with Crippen molar-refractivity contribution in [2.45, 2.75) is 110 Å². The van der Waals surface area contributed by atoms with Crippen LogP contribution in [-0.4, -0.2) is 50.4 Å². The molecule has 0 aromatic carbocycles. The molecule has 1 aliphatic carbocycles. The maximum absolute atomic E-state index is 12.7. The molecule has 1 saturated carbocycles. The van der Waals surface area contributed by atoms with Gasteiger partial charge in [0.25, 0.3) is 0 Å². The van der Waals surface area contributed by atoms with Gasteiger partial charge in [-0.1, -0.05) is 31.6 Å². The highest BCUT2D eigenvalue weighted by Crippen LogP contribution is 2.45. The van der Waals surface area contributed by atoms with E-state index >= 15 is 0 Å². The van der Waals surface area contributed by atoms with Crippen LogP contribution < -0.4 is 4.72 Å². The third-order valence-corrected chi connectivity index (χ3v) is 10.2. The maximum Gasteiger partial charge on any atom is 0.338 e. The fourth-order valence-electron chi connectivity index (χ4n) is 4.98. The molecule has 1 N–H and O–H groups in total. The zero-order chi connectivity index (χ0) is 31.1. The van der Waals surface area contributed by atoms with E-state index in [4.69, 9.17) is 19.4 Å². The zero-order valence-corrected chi connectivity index (χ0v) is 29.0. The molecule has 8 nitrogen and oxygen atoms in total. The van der Waals surface area contributed by atoms with Crippen molar-refractivity contribution in [1.29, 1.82) is 0 Å². The summed E-state index contributed by atoms with van der Waals surface area (Å²) in [6, 6.07) is 11.3. The van der Waals surface area contributed by atoms with Crippen LogP contribution in [0.15, 0.2) is 36.5 Å². The molecule has 0 spiro atoms. The minimum atomic E-state index is -1.24. The molecular formula is C33H47N5O3SSi. The van der Waals surface area contributed by atoms with Crippen molar-refractivity contribution < 1.29 is 14.3 Å². The van der Waals surface area contributed by atoms with E-state index in [1.807, 2.05) is 32.2 Å². The molecule has 4 aromatic rings. The Hall–Kier alpha value is -2.66. The zero-order valence-electron chi connectivity index (χ0n) is 27.2. The molecule has 4 aromatic heterocycles. The number of aromatic nitrogens is 4. The molecule has 0 saturated heterocycles. The highest BCUT2D eigenvalue weighted by Gasteiger charge is 2.33. The van der Waals surface area contributed by atoms with Gasteiger partial charge < -0.3 is 13.9 Å². The first-order valence-electron chi connectivity index (χ1n) is 15.4. The topological polar surface area (TPSA) is 82.7 Å². The largest absolute Gasteiger partial charge is 0.459 e. The average Bonchev–Trinajstić information content (AvgIpc) is 3.58. The van der Waals surface area contributed by atoms with Gasteiger partial charge in [-0.05, 0) is 90.8 Å². The number of rotatable bonds is 12. The second kappa shape index (κ2) is 12.4. The molecule has 0 bridgehead atoms. The second-order valence-corrected chi connectivity index (χ2v) is 21.5. The highest BCUT2D eigenvalue weighted by atomic mass is 32.2. The Labute approximate surface area is 261 Å². The first kappa shape index (κ1) is 31.8. The van der Waals surface area contributed by atoms with E-state index in [1.165, 1.54) is 5.69 Å². The van der Waals surface area contributed by atoms with Crippen LogP contribution in [0.3, 0.4) is 0 Å². The quantitative estimate of drug-likeness (QED) is 0.0739. The number of carbonyl (C=O) groups excluding carboxylic acids is 1. The molecule has 232 valence electrons. The normalized spacial score (nSPS) is 15.1. The van der Waals surface area contributed by atoms with Crippen LogP contribution in [0.4, 0.5) is 0 Å². The van der Waals surface area contributed by atoms with Gasteiger partial charge in [0.15, 0.2) is 0 Å².